The van der Waals surface area contributed by atoms with Crippen LogP contribution in [0.4, 0.5) is 5.69 Å². The summed E-state index contributed by atoms with van der Waals surface area (Å²) < 4.78 is 23.0. The summed E-state index contributed by atoms with van der Waals surface area (Å²) in [6.45, 7) is 12.8. The first-order valence-electron chi connectivity index (χ1n) is 13.9. The molecule has 2 aromatic carbocycles. The van der Waals surface area contributed by atoms with Crippen LogP contribution in [0.1, 0.15) is 27.7 Å². The quantitative estimate of drug-likeness (QED) is 0.0891. The van der Waals surface area contributed by atoms with Crippen LogP contribution in [0.3, 0.4) is 0 Å². The van der Waals surface area contributed by atoms with Crippen molar-refractivity contribution < 1.29 is 23.3 Å². The molecular formula is C31H45N3O5PS+. The topological polar surface area (TPSA) is 112 Å². The summed E-state index contributed by atoms with van der Waals surface area (Å²) in [6.07, 6.45) is 1.84. The predicted octanol–water partition coefficient (Wildman–Crippen LogP) is 5.90. The zero-order valence-electron chi connectivity index (χ0n) is 25.0. The van der Waals surface area contributed by atoms with Crippen molar-refractivity contribution >= 4 is 36.2 Å². The third kappa shape index (κ3) is 9.70. The smallest absolute Gasteiger partial charge is 0.456 e. The molecule has 0 aromatic heterocycles. The van der Waals surface area contributed by atoms with Gasteiger partial charge in [-0.1, -0.05) is 30.3 Å². The number of hydrogen-bond acceptors (Lipinski definition) is 6. The van der Waals surface area contributed by atoms with E-state index in [-0.39, 0.29) is 6.61 Å². The molecule has 0 unspecified atom stereocenters. The number of hydrogen-bond donors (Lipinski definition) is 3. The lowest BCUT2D eigenvalue weighted by Crippen LogP contribution is -2.29. The average Bonchev–Trinajstić information content (AvgIpc) is 2.98. The van der Waals surface area contributed by atoms with Gasteiger partial charge in [0.25, 0.3) is 0 Å². The third-order valence-electron chi connectivity index (χ3n) is 6.56. The van der Waals surface area contributed by atoms with Crippen LogP contribution in [-0.4, -0.2) is 61.6 Å². The van der Waals surface area contributed by atoms with E-state index in [2.05, 4.69) is 114 Å². The molecule has 2 aromatic rings. The second-order valence-corrected chi connectivity index (χ2v) is 11.1. The second-order valence-electron chi connectivity index (χ2n) is 8.87. The summed E-state index contributed by atoms with van der Waals surface area (Å²) in [7, 11) is -2.71. The van der Waals surface area contributed by atoms with E-state index in [1.165, 1.54) is 41.0 Å². The minimum absolute atomic E-state index is 0.103. The van der Waals surface area contributed by atoms with Crippen LogP contribution in [0.25, 0.3) is 33.4 Å². The number of thioether (sulfide) groups is 1. The first-order valence-corrected chi connectivity index (χ1v) is 16.8. The number of rotatable bonds is 10. The van der Waals surface area contributed by atoms with Gasteiger partial charge in [-0.2, -0.15) is 11.8 Å². The van der Waals surface area contributed by atoms with Crippen LogP contribution < -0.4 is 20.6 Å². The Morgan fingerprint density at radius 2 is 1.61 bits per heavy atom. The molecule has 0 saturated heterocycles. The fourth-order valence-electron chi connectivity index (χ4n) is 4.59. The number of nitrogens with zero attached hydrogens (tertiary/aromatic N) is 2. The molecule has 0 atom stereocenters. The Balaban J connectivity index is 0.000000459. The average molecular weight is 603 g/mol. The van der Waals surface area contributed by atoms with E-state index in [0.29, 0.717) is 5.75 Å². The van der Waals surface area contributed by atoms with Crippen LogP contribution in [0.15, 0.2) is 71.1 Å². The van der Waals surface area contributed by atoms with Crippen molar-refractivity contribution in [2.75, 3.05) is 56.7 Å². The Labute approximate surface area is 248 Å². The molecule has 0 saturated carbocycles. The lowest BCUT2D eigenvalue weighted by Gasteiger charge is -2.22. The first-order chi connectivity index (χ1) is 19.8. The Bertz CT molecular complexity index is 1430. The minimum atomic E-state index is -4.21. The van der Waals surface area contributed by atoms with E-state index in [1.807, 2.05) is 6.26 Å². The molecule has 4 N–H and O–H groups in total. The van der Waals surface area contributed by atoms with Gasteiger partial charge in [-0.05, 0) is 64.8 Å². The molecule has 41 heavy (non-hydrogen) atoms. The van der Waals surface area contributed by atoms with Gasteiger partial charge < -0.3 is 24.8 Å². The van der Waals surface area contributed by atoms with Gasteiger partial charge in [-0.3, -0.25) is 4.52 Å². The largest absolute Gasteiger partial charge is 0.469 e. The first kappa shape index (κ1) is 34.6. The van der Waals surface area contributed by atoms with Crippen molar-refractivity contribution in [1.82, 2.24) is 4.58 Å². The molecule has 0 fully saturated rings. The minimum Gasteiger partial charge on any atom is -0.456 e. The van der Waals surface area contributed by atoms with Gasteiger partial charge in [0, 0.05) is 53.2 Å². The van der Waals surface area contributed by atoms with Crippen LogP contribution in [0.5, 0.6) is 0 Å². The number of phosphoric acid groups is 1. The monoisotopic (exact) mass is 602 g/mol. The Hall–Kier alpha value is -2.65. The summed E-state index contributed by atoms with van der Waals surface area (Å²) in [6, 6.07) is 23.9. The van der Waals surface area contributed by atoms with Crippen molar-refractivity contribution in [2.24, 2.45) is 5.73 Å². The fraction of sp³-hybridized carbons (Fsp3) is 0.387. The SMILES string of the molecule is CCN(CC)c1ccc2c(-c3ccccc3)c3ccc(=[N+](CC)CC)cc-3oc2c1.CN.CSCCOP(=O)(O)O. The molecule has 0 spiro atoms. The van der Waals surface area contributed by atoms with Gasteiger partial charge in [0.2, 0.25) is 5.36 Å². The summed E-state index contributed by atoms with van der Waals surface area (Å²) in [4.78, 5) is 18.6. The van der Waals surface area contributed by atoms with Gasteiger partial charge in [0.05, 0.1) is 12.7 Å². The molecule has 10 heteroatoms. The highest BCUT2D eigenvalue weighted by atomic mass is 32.2. The molecule has 1 aliphatic heterocycles. The number of benzene rings is 3. The predicted molar refractivity (Wildman–Crippen MR) is 175 cm³/mol. The summed E-state index contributed by atoms with van der Waals surface area (Å²) >= 11 is 1.47. The van der Waals surface area contributed by atoms with Gasteiger partial charge >= 0.3 is 7.82 Å². The molecule has 1 aliphatic carbocycles. The summed E-state index contributed by atoms with van der Waals surface area (Å²) in [5, 5.41) is 2.36. The fourth-order valence-corrected chi connectivity index (χ4v) is 5.30. The van der Waals surface area contributed by atoms with Gasteiger partial charge in [-0.15, -0.1) is 0 Å². The number of phosphoric ester groups is 1. The molecule has 0 radical (unpaired) electrons. The molecule has 1 heterocycles. The normalized spacial score (nSPS) is 11.0. The van der Waals surface area contributed by atoms with E-state index >= 15 is 0 Å². The summed E-state index contributed by atoms with van der Waals surface area (Å²) in [5.41, 5.74) is 10.2. The lowest BCUT2D eigenvalue weighted by molar-refractivity contribution is 0.208. The Kier molecular flexibility index (Phi) is 14.6. The highest BCUT2D eigenvalue weighted by Crippen LogP contribution is 2.40. The third-order valence-corrected chi connectivity index (χ3v) is 7.65. The van der Waals surface area contributed by atoms with Gasteiger partial charge in [0.15, 0.2) is 0 Å². The van der Waals surface area contributed by atoms with E-state index in [9.17, 15) is 4.57 Å². The van der Waals surface area contributed by atoms with Crippen molar-refractivity contribution in [2.45, 2.75) is 27.7 Å². The van der Waals surface area contributed by atoms with Crippen LogP contribution in [0, 0.1) is 0 Å². The number of fused-ring (bicyclic) bond motifs is 2. The van der Waals surface area contributed by atoms with Crippen molar-refractivity contribution in [3.8, 4) is 22.5 Å². The van der Waals surface area contributed by atoms with E-state index in [1.54, 1.807) is 0 Å². The van der Waals surface area contributed by atoms with Crippen LogP contribution in [-0.2, 0) is 9.09 Å². The Morgan fingerprint density at radius 3 is 2.17 bits per heavy atom. The number of nitrogens with two attached hydrogens (primary N) is 1. The molecular weight excluding hydrogens is 557 g/mol. The molecule has 2 aliphatic rings. The molecule has 0 amide bonds. The Morgan fingerprint density at radius 1 is 0.951 bits per heavy atom. The lowest BCUT2D eigenvalue weighted by atomic mass is 9.93. The van der Waals surface area contributed by atoms with E-state index < -0.39 is 7.82 Å². The van der Waals surface area contributed by atoms with Crippen LogP contribution in [0.2, 0.25) is 0 Å². The molecule has 4 rings (SSSR count). The van der Waals surface area contributed by atoms with E-state index in [4.69, 9.17) is 14.2 Å². The van der Waals surface area contributed by atoms with Crippen molar-refractivity contribution in [3.05, 3.63) is 72.1 Å². The number of anilines is 1. The molecule has 224 valence electrons. The second kappa shape index (κ2) is 17.3. The maximum Gasteiger partial charge on any atom is 0.469 e. The van der Waals surface area contributed by atoms with E-state index in [0.717, 1.165) is 48.5 Å². The maximum atomic E-state index is 9.97. The van der Waals surface area contributed by atoms with Crippen LogP contribution >= 0.6 is 19.6 Å². The van der Waals surface area contributed by atoms with Crippen molar-refractivity contribution in [1.29, 1.82) is 0 Å². The van der Waals surface area contributed by atoms with Gasteiger partial charge in [0.1, 0.15) is 24.4 Å². The highest BCUT2D eigenvalue weighted by molar-refractivity contribution is 7.98. The molecule has 8 nitrogen and oxygen atoms in total. The maximum absolute atomic E-state index is 9.97. The zero-order valence-corrected chi connectivity index (χ0v) is 26.8. The standard InChI is InChI=1S/C27H31N2O.C3H9O4PS.CH5N/c1-5-28(6-2)21-14-16-23-25(18-21)30-26-19-22(29(7-3)8-4)15-17-24(26)27(23)20-12-10-9-11-13-20;1-9-3-2-7-8(4,5)6;1-2/h9-19H,5-8H2,1-4H3;2-3H2,1H3,(H2,4,5,6);2H2,1H3/q+1;;. The summed E-state index contributed by atoms with van der Waals surface area (Å²) in [5.74, 6) is 1.54. The van der Waals surface area contributed by atoms with Gasteiger partial charge in [-0.25, -0.2) is 9.14 Å². The highest BCUT2D eigenvalue weighted by Gasteiger charge is 2.19. The van der Waals surface area contributed by atoms with Crippen molar-refractivity contribution in [3.63, 3.8) is 0 Å². The molecule has 0 bridgehead atoms. The zero-order chi connectivity index (χ0) is 30.4.